The molecule has 0 unspecified atom stereocenters. The summed E-state index contributed by atoms with van der Waals surface area (Å²) in [6, 6.07) is 6.79. The van der Waals surface area contributed by atoms with Crippen molar-refractivity contribution in [2.75, 3.05) is 10.7 Å². The number of hydrogen-bond acceptors (Lipinski definition) is 3. The van der Waals surface area contributed by atoms with Gasteiger partial charge in [-0.15, -0.1) is 10.2 Å². The lowest BCUT2D eigenvalue weighted by molar-refractivity contribution is 0.489. The van der Waals surface area contributed by atoms with E-state index in [9.17, 15) is 4.39 Å². The highest BCUT2D eigenvalue weighted by molar-refractivity contribution is 9.09. The van der Waals surface area contributed by atoms with Crippen LogP contribution in [0.2, 0.25) is 0 Å². The highest BCUT2D eigenvalue weighted by Crippen LogP contribution is 2.33. The number of aromatic nitrogens is 4. The van der Waals surface area contributed by atoms with Crippen molar-refractivity contribution in [3.8, 4) is 0 Å². The van der Waals surface area contributed by atoms with Crippen LogP contribution in [0.25, 0.3) is 0 Å². The van der Waals surface area contributed by atoms with Crippen LogP contribution in [0, 0.1) is 5.82 Å². The molecule has 0 spiro atoms. The van der Waals surface area contributed by atoms with Gasteiger partial charge in [0, 0.05) is 22.5 Å². The van der Waals surface area contributed by atoms with Crippen LogP contribution in [-0.2, 0) is 18.9 Å². The van der Waals surface area contributed by atoms with Gasteiger partial charge in [-0.2, -0.15) is 4.80 Å². The smallest absolute Gasteiger partial charge is 0.175 e. The van der Waals surface area contributed by atoms with Crippen molar-refractivity contribution >= 4 is 31.9 Å². The van der Waals surface area contributed by atoms with E-state index in [-0.39, 0.29) is 5.82 Å². The number of alkyl halides is 2. The van der Waals surface area contributed by atoms with E-state index in [1.54, 1.807) is 19.2 Å². The zero-order valence-electron chi connectivity index (χ0n) is 10.4. The van der Waals surface area contributed by atoms with Gasteiger partial charge in [-0.1, -0.05) is 50.1 Å². The Balaban J connectivity index is 2.40. The number of nitrogens with zero attached hydrogens (tertiary/aromatic N) is 4. The Morgan fingerprint density at radius 3 is 2.47 bits per heavy atom. The summed E-state index contributed by atoms with van der Waals surface area (Å²) < 4.78 is 14.1. The summed E-state index contributed by atoms with van der Waals surface area (Å²) in [5.74, 6) is 0.384. The quantitative estimate of drug-likeness (QED) is 0.736. The molecule has 0 amide bonds. The van der Waals surface area contributed by atoms with Crippen LogP contribution in [0.5, 0.6) is 0 Å². The Bertz CT molecular complexity index is 554. The lowest BCUT2D eigenvalue weighted by Crippen LogP contribution is -2.34. The van der Waals surface area contributed by atoms with E-state index in [2.05, 4.69) is 47.3 Å². The van der Waals surface area contributed by atoms with Gasteiger partial charge >= 0.3 is 0 Å². The van der Waals surface area contributed by atoms with E-state index >= 15 is 0 Å². The van der Waals surface area contributed by atoms with Crippen molar-refractivity contribution in [2.45, 2.75) is 11.8 Å². The van der Waals surface area contributed by atoms with Gasteiger partial charge < -0.3 is 0 Å². The molecular formula is C12H13Br2FN4. The highest BCUT2D eigenvalue weighted by atomic mass is 79.9. The van der Waals surface area contributed by atoms with Gasteiger partial charge in [0.25, 0.3) is 0 Å². The zero-order chi connectivity index (χ0) is 13.9. The molecule has 0 aliphatic carbocycles. The third-order valence-corrected chi connectivity index (χ3v) is 5.15. The minimum absolute atomic E-state index is 0.217. The van der Waals surface area contributed by atoms with Gasteiger partial charge in [-0.25, -0.2) is 4.39 Å². The average molecular weight is 392 g/mol. The van der Waals surface area contributed by atoms with Crippen molar-refractivity contribution in [1.29, 1.82) is 0 Å². The molecule has 0 radical (unpaired) electrons. The van der Waals surface area contributed by atoms with Crippen LogP contribution in [0.3, 0.4) is 0 Å². The highest BCUT2D eigenvalue weighted by Gasteiger charge is 2.34. The molecule has 0 saturated heterocycles. The van der Waals surface area contributed by atoms with E-state index in [0.717, 1.165) is 0 Å². The first-order chi connectivity index (χ1) is 9.11. The summed E-state index contributed by atoms with van der Waals surface area (Å²) in [6.07, 6.45) is 0.512. The second-order valence-electron chi connectivity index (χ2n) is 4.40. The summed E-state index contributed by atoms with van der Waals surface area (Å²) in [5.41, 5.74) is 0.213. The molecule has 102 valence electrons. The fourth-order valence-corrected chi connectivity index (χ4v) is 3.89. The van der Waals surface area contributed by atoms with Crippen LogP contribution < -0.4 is 0 Å². The molecule has 0 N–H and O–H groups in total. The first kappa shape index (κ1) is 14.6. The van der Waals surface area contributed by atoms with Crippen LogP contribution in [0.15, 0.2) is 24.3 Å². The minimum atomic E-state index is -0.436. The van der Waals surface area contributed by atoms with Crippen molar-refractivity contribution in [3.05, 3.63) is 41.5 Å². The molecular weight excluding hydrogens is 379 g/mol. The van der Waals surface area contributed by atoms with Crippen LogP contribution in [0.4, 0.5) is 4.39 Å². The molecule has 0 fully saturated rings. The Hall–Kier alpha value is -0.820. The predicted molar refractivity (Wildman–Crippen MR) is 78.2 cm³/mol. The van der Waals surface area contributed by atoms with Crippen LogP contribution in [0.1, 0.15) is 11.4 Å². The fourth-order valence-electron chi connectivity index (χ4n) is 1.96. The predicted octanol–water partition coefficient (Wildman–Crippen LogP) is 2.62. The fraction of sp³-hybridized carbons (Fsp3) is 0.417. The molecule has 1 aromatic heterocycles. The van der Waals surface area contributed by atoms with E-state index in [4.69, 9.17) is 0 Å². The molecule has 0 atom stereocenters. The largest absolute Gasteiger partial charge is 0.207 e. The monoisotopic (exact) mass is 390 g/mol. The Labute approximate surface area is 127 Å². The van der Waals surface area contributed by atoms with Gasteiger partial charge in [0.15, 0.2) is 5.82 Å². The number of tetrazole rings is 1. The van der Waals surface area contributed by atoms with E-state index in [1.165, 1.54) is 10.9 Å². The standard InChI is InChI=1S/C12H13Br2FN4/c1-19-17-11(16-18-19)6-12(7-13,8-14)9-4-2-3-5-10(9)15/h2-5H,6-8H2,1H3. The average Bonchev–Trinajstić information content (AvgIpc) is 2.82. The Kier molecular flexibility index (Phi) is 4.67. The molecule has 1 heterocycles. The first-order valence-corrected chi connectivity index (χ1v) is 7.95. The van der Waals surface area contributed by atoms with Gasteiger partial charge in [0.2, 0.25) is 0 Å². The molecule has 4 nitrogen and oxygen atoms in total. The van der Waals surface area contributed by atoms with Crippen LogP contribution in [-0.4, -0.2) is 30.9 Å². The Morgan fingerprint density at radius 1 is 1.26 bits per heavy atom. The van der Waals surface area contributed by atoms with E-state index in [0.29, 0.717) is 28.5 Å². The van der Waals surface area contributed by atoms with Crippen molar-refractivity contribution in [3.63, 3.8) is 0 Å². The minimum Gasteiger partial charge on any atom is -0.207 e. The van der Waals surface area contributed by atoms with Gasteiger partial charge in [0.05, 0.1) is 7.05 Å². The number of rotatable bonds is 5. The summed E-state index contributed by atoms with van der Waals surface area (Å²) in [4.78, 5) is 1.41. The number of halogens is 3. The first-order valence-electron chi connectivity index (χ1n) is 5.71. The molecule has 7 heteroatoms. The van der Waals surface area contributed by atoms with Crippen LogP contribution >= 0.6 is 31.9 Å². The van der Waals surface area contributed by atoms with Crippen molar-refractivity contribution in [2.24, 2.45) is 7.05 Å². The Morgan fingerprint density at radius 2 is 1.95 bits per heavy atom. The third kappa shape index (κ3) is 3.02. The topological polar surface area (TPSA) is 43.6 Å². The molecule has 0 bridgehead atoms. The second kappa shape index (κ2) is 6.09. The third-order valence-electron chi connectivity index (χ3n) is 3.00. The van der Waals surface area contributed by atoms with Gasteiger partial charge in [-0.3, -0.25) is 0 Å². The maximum Gasteiger partial charge on any atom is 0.175 e. The number of benzene rings is 1. The summed E-state index contributed by atoms with van der Waals surface area (Å²) in [5, 5.41) is 13.2. The molecule has 0 aliphatic rings. The second-order valence-corrected chi connectivity index (χ2v) is 5.52. The number of hydrogen-bond donors (Lipinski definition) is 0. The molecule has 19 heavy (non-hydrogen) atoms. The molecule has 0 aliphatic heterocycles. The van der Waals surface area contributed by atoms with E-state index < -0.39 is 5.41 Å². The summed E-state index contributed by atoms with van der Waals surface area (Å²) >= 11 is 6.98. The van der Waals surface area contributed by atoms with Crippen molar-refractivity contribution in [1.82, 2.24) is 20.2 Å². The SMILES string of the molecule is Cn1nnc(CC(CBr)(CBr)c2ccccc2F)n1. The van der Waals surface area contributed by atoms with Crippen molar-refractivity contribution < 1.29 is 4.39 Å². The summed E-state index contributed by atoms with van der Waals surface area (Å²) in [6.45, 7) is 0. The number of aryl methyl sites for hydroxylation is 1. The molecule has 1 aromatic carbocycles. The maximum absolute atomic E-state index is 14.1. The van der Waals surface area contributed by atoms with Gasteiger partial charge in [-0.05, 0) is 16.8 Å². The van der Waals surface area contributed by atoms with Gasteiger partial charge in [0.1, 0.15) is 5.82 Å². The zero-order valence-corrected chi connectivity index (χ0v) is 13.5. The normalized spacial score (nSPS) is 11.8. The lowest BCUT2D eigenvalue weighted by Gasteiger charge is -2.29. The molecule has 2 aromatic rings. The molecule has 0 saturated carbocycles. The van der Waals surface area contributed by atoms with E-state index in [1.807, 2.05) is 6.07 Å². The summed E-state index contributed by atoms with van der Waals surface area (Å²) in [7, 11) is 1.71. The molecule has 2 rings (SSSR count). The maximum atomic E-state index is 14.1. The lowest BCUT2D eigenvalue weighted by atomic mass is 9.81.